The van der Waals surface area contributed by atoms with Crippen LogP contribution in [-0.4, -0.2) is 62.7 Å². The van der Waals surface area contributed by atoms with Gasteiger partial charge in [0.1, 0.15) is 0 Å². The second-order valence-electron chi connectivity index (χ2n) is 9.94. The van der Waals surface area contributed by atoms with Gasteiger partial charge in [0.15, 0.2) is 0 Å². The Balaban J connectivity index is 1.16. The number of anilines is 2. The highest BCUT2D eigenvalue weighted by molar-refractivity contribution is 5.76. The predicted molar refractivity (Wildman–Crippen MR) is 139 cm³/mol. The topological polar surface area (TPSA) is 62.6 Å². The molecule has 0 radical (unpaired) electrons. The van der Waals surface area contributed by atoms with E-state index >= 15 is 0 Å². The number of nitriles is 1. The second kappa shape index (κ2) is 11.9. The van der Waals surface area contributed by atoms with Gasteiger partial charge in [0.2, 0.25) is 5.91 Å². The molecule has 0 bridgehead atoms. The minimum absolute atomic E-state index is 0.0297. The highest BCUT2D eigenvalue weighted by Gasteiger charge is 2.34. The second-order valence-corrected chi connectivity index (χ2v) is 9.94. The van der Waals surface area contributed by atoms with Crippen LogP contribution in [0.1, 0.15) is 42.4 Å². The lowest BCUT2D eigenvalue weighted by Gasteiger charge is -2.36. The van der Waals surface area contributed by atoms with Gasteiger partial charge in [-0.15, -0.1) is 0 Å². The lowest BCUT2D eigenvalue weighted by Crippen LogP contribution is -2.47. The van der Waals surface area contributed by atoms with Crippen LogP contribution >= 0.6 is 0 Å². The largest absolute Gasteiger partial charge is 0.417 e. The zero-order chi connectivity index (χ0) is 26.4. The van der Waals surface area contributed by atoms with Crippen molar-refractivity contribution < 1.29 is 18.0 Å². The summed E-state index contributed by atoms with van der Waals surface area (Å²) in [5.41, 5.74) is 1.72. The molecule has 2 heterocycles. The summed E-state index contributed by atoms with van der Waals surface area (Å²) in [6, 6.07) is 14.1. The van der Waals surface area contributed by atoms with Crippen LogP contribution in [0.5, 0.6) is 0 Å². The first-order chi connectivity index (χ1) is 17.7. The number of nitrogens with zero attached hydrogens (tertiary/aromatic N) is 4. The summed E-state index contributed by atoms with van der Waals surface area (Å²) in [5.74, 6) is 0.0366. The molecule has 0 atom stereocenters. The van der Waals surface area contributed by atoms with Crippen LogP contribution in [0.25, 0.3) is 0 Å². The van der Waals surface area contributed by atoms with Gasteiger partial charge in [0.25, 0.3) is 0 Å². The van der Waals surface area contributed by atoms with Crippen molar-refractivity contribution in [1.82, 2.24) is 10.2 Å². The minimum Gasteiger partial charge on any atom is -0.371 e. The van der Waals surface area contributed by atoms with Crippen molar-refractivity contribution >= 4 is 17.3 Å². The maximum Gasteiger partial charge on any atom is 0.417 e. The van der Waals surface area contributed by atoms with Gasteiger partial charge < -0.3 is 15.1 Å². The average molecular weight is 514 g/mol. The van der Waals surface area contributed by atoms with E-state index in [9.17, 15) is 18.0 Å². The molecule has 2 aromatic carbocycles. The molecule has 1 amide bonds. The normalized spacial score (nSPS) is 17.5. The van der Waals surface area contributed by atoms with Crippen LogP contribution in [0.3, 0.4) is 0 Å². The summed E-state index contributed by atoms with van der Waals surface area (Å²) in [6.45, 7) is 8.05. The molecule has 198 valence electrons. The van der Waals surface area contributed by atoms with E-state index in [2.05, 4.69) is 46.3 Å². The lowest BCUT2D eigenvalue weighted by molar-refractivity contribution is -0.137. The molecule has 0 saturated carbocycles. The molecule has 0 aromatic heterocycles. The summed E-state index contributed by atoms with van der Waals surface area (Å²) in [5, 5.41) is 12.1. The number of benzene rings is 2. The Labute approximate surface area is 216 Å². The molecule has 1 N–H and O–H groups in total. The Morgan fingerprint density at radius 1 is 1.00 bits per heavy atom. The smallest absolute Gasteiger partial charge is 0.371 e. The molecule has 2 saturated heterocycles. The number of halogens is 3. The molecule has 2 aliphatic rings. The molecule has 4 rings (SSSR count). The summed E-state index contributed by atoms with van der Waals surface area (Å²) in [7, 11) is 0. The van der Waals surface area contributed by atoms with Gasteiger partial charge >= 0.3 is 6.18 Å². The first-order valence-corrected chi connectivity index (χ1v) is 12.9. The third-order valence-corrected chi connectivity index (χ3v) is 7.27. The Morgan fingerprint density at radius 2 is 1.68 bits per heavy atom. The molecular formula is C28H34F3N5O. The van der Waals surface area contributed by atoms with Crippen LogP contribution in [0.4, 0.5) is 24.5 Å². The molecule has 0 aliphatic carbocycles. The summed E-state index contributed by atoms with van der Waals surface area (Å²) in [6.07, 6.45) is -1.94. The summed E-state index contributed by atoms with van der Waals surface area (Å²) in [4.78, 5) is 19.2. The van der Waals surface area contributed by atoms with Crippen molar-refractivity contribution in [2.75, 3.05) is 55.6 Å². The first-order valence-electron chi connectivity index (χ1n) is 12.9. The van der Waals surface area contributed by atoms with Crippen LogP contribution in [-0.2, 0) is 11.0 Å². The highest BCUT2D eigenvalue weighted by atomic mass is 19.4. The van der Waals surface area contributed by atoms with Crippen molar-refractivity contribution in [1.29, 1.82) is 5.26 Å². The number of alkyl halides is 3. The highest BCUT2D eigenvalue weighted by Crippen LogP contribution is 2.35. The van der Waals surface area contributed by atoms with Crippen molar-refractivity contribution in [3.63, 3.8) is 0 Å². The minimum atomic E-state index is -4.57. The van der Waals surface area contributed by atoms with E-state index in [1.165, 1.54) is 17.3 Å². The molecule has 2 aliphatic heterocycles. The fraction of sp³-hybridized carbons (Fsp3) is 0.500. The first kappa shape index (κ1) is 26.8. The quantitative estimate of drug-likeness (QED) is 0.588. The van der Waals surface area contributed by atoms with E-state index in [-0.39, 0.29) is 17.5 Å². The fourth-order valence-corrected chi connectivity index (χ4v) is 5.16. The van der Waals surface area contributed by atoms with Gasteiger partial charge in [0, 0.05) is 63.1 Å². The van der Waals surface area contributed by atoms with Gasteiger partial charge in [0.05, 0.1) is 17.2 Å². The van der Waals surface area contributed by atoms with Crippen LogP contribution in [0, 0.1) is 18.3 Å². The Hall–Kier alpha value is -3.25. The molecule has 37 heavy (non-hydrogen) atoms. The molecule has 0 spiro atoms. The number of piperidine rings is 1. The molecule has 2 aromatic rings. The van der Waals surface area contributed by atoms with Gasteiger partial charge in [-0.05, 0) is 68.6 Å². The zero-order valence-electron chi connectivity index (χ0n) is 21.2. The van der Waals surface area contributed by atoms with Gasteiger partial charge in [-0.25, -0.2) is 0 Å². The standard InChI is InChI=1S/C28H34F3N5O/c1-21-4-2-5-24(18-21)36-16-14-34(15-17-36)11-3-6-27(37)33-23-9-12-35(13-10-23)25-8-7-22(20-32)26(19-25)28(29,30)31/h2,4-5,7-8,18-19,23H,3,6,9-17H2,1H3,(H,33,37). The van der Waals surface area contributed by atoms with Crippen LogP contribution in [0.15, 0.2) is 42.5 Å². The maximum atomic E-state index is 13.3. The fourth-order valence-electron chi connectivity index (χ4n) is 5.16. The number of rotatable bonds is 7. The van der Waals surface area contributed by atoms with Crippen LogP contribution in [0.2, 0.25) is 0 Å². The summed E-state index contributed by atoms with van der Waals surface area (Å²) < 4.78 is 39.9. The number of carbonyl (C=O) groups is 1. The Morgan fingerprint density at radius 3 is 2.32 bits per heavy atom. The summed E-state index contributed by atoms with van der Waals surface area (Å²) >= 11 is 0. The van der Waals surface area contributed by atoms with E-state index in [4.69, 9.17) is 5.26 Å². The number of carbonyl (C=O) groups excluding carboxylic acids is 1. The molecule has 9 heteroatoms. The molecule has 6 nitrogen and oxygen atoms in total. The van der Waals surface area contributed by atoms with E-state index in [1.807, 2.05) is 4.90 Å². The van der Waals surface area contributed by atoms with Gasteiger partial charge in [-0.1, -0.05) is 12.1 Å². The van der Waals surface area contributed by atoms with E-state index in [0.29, 0.717) is 38.0 Å². The average Bonchev–Trinajstić information content (AvgIpc) is 2.89. The third kappa shape index (κ3) is 7.16. The van der Waals surface area contributed by atoms with Crippen molar-refractivity contribution in [3.05, 3.63) is 59.2 Å². The van der Waals surface area contributed by atoms with Crippen molar-refractivity contribution in [2.24, 2.45) is 0 Å². The number of piperazine rings is 1. The monoisotopic (exact) mass is 513 g/mol. The lowest BCUT2D eigenvalue weighted by atomic mass is 10.0. The Kier molecular flexibility index (Phi) is 8.59. The van der Waals surface area contributed by atoms with E-state index < -0.39 is 11.7 Å². The number of amides is 1. The number of hydrogen-bond acceptors (Lipinski definition) is 5. The maximum absolute atomic E-state index is 13.3. The SMILES string of the molecule is Cc1cccc(N2CCN(CCCC(=O)NC3CCN(c4ccc(C#N)c(C(F)(F)F)c4)CC3)CC2)c1. The molecule has 2 fully saturated rings. The predicted octanol–water partition coefficient (Wildman–Crippen LogP) is 4.57. The van der Waals surface area contributed by atoms with E-state index in [0.717, 1.165) is 45.2 Å². The number of hydrogen-bond donors (Lipinski definition) is 1. The van der Waals surface area contributed by atoms with Gasteiger partial charge in [-0.3, -0.25) is 9.69 Å². The van der Waals surface area contributed by atoms with E-state index in [1.54, 1.807) is 12.1 Å². The van der Waals surface area contributed by atoms with Gasteiger partial charge in [-0.2, -0.15) is 18.4 Å². The molecular weight excluding hydrogens is 479 g/mol. The Bertz CT molecular complexity index is 1110. The van der Waals surface area contributed by atoms with Crippen LogP contribution < -0.4 is 15.1 Å². The number of aryl methyl sites for hydroxylation is 1. The number of nitrogens with one attached hydrogen (secondary N) is 1. The zero-order valence-corrected chi connectivity index (χ0v) is 21.2. The van der Waals surface area contributed by atoms with Crippen molar-refractivity contribution in [3.8, 4) is 6.07 Å². The third-order valence-electron chi connectivity index (χ3n) is 7.27. The molecule has 0 unspecified atom stereocenters. The van der Waals surface area contributed by atoms with Crippen molar-refractivity contribution in [2.45, 2.75) is 44.8 Å².